The summed E-state index contributed by atoms with van der Waals surface area (Å²) < 4.78 is 0. The molecule has 0 saturated carbocycles. The van der Waals surface area contributed by atoms with E-state index in [9.17, 15) is 14.4 Å². The summed E-state index contributed by atoms with van der Waals surface area (Å²) in [4.78, 5) is 45.0. The topological polar surface area (TPSA) is 81.8 Å². The predicted octanol–water partition coefficient (Wildman–Crippen LogP) is 7.72. The van der Waals surface area contributed by atoms with Crippen LogP contribution in [0.15, 0.2) is 138 Å². The molecule has 0 aliphatic carbocycles. The smallest absolute Gasteiger partial charge is 0.272 e. The number of carbonyl (C=O) groups excluding carboxylic acids is 3. The number of hydrogen-bond acceptors (Lipinski definition) is 5. The summed E-state index contributed by atoms with van der Waals surface area (Å²) in [6, 6.07) is 40.0. The van der Waals surface area contributed by atoms with Gasteiger partial charge in [0.25, 0.3) is 11.8 Å². The fourth-order valence-corrected chi connectivity index (χ4v) is 6.32. The Kier molecular flexibility index (Phi) is 10.0. The number of anilines is 4. The molecule has 0 fully saturated rings. The molecule has 2 N–H and O–H groups in total. The van der Waals surface area contributed by atoms with Crippen molar-refractivity contribution in [2.75, 3.05) is 35.0 Å². The second-order valence-electron chi connectivity index (χ2n) is 11.6. The monoisotopic (exact) mass is 652 g/mol. The van der Waals surface area contributed by atoms with Gasteiger partial charge in [-0.2, -0.15) is 0 Å². The third-order valence-corrected chi connectivity index (χ3v) is 9.10. The van der Waals surface area contributed by atoms with Gasteiger partial charge in [-0.1, -0.05) is 66.7 Å². The van der Waals surface area contributed by atoms with E-state index < -0.39 is 5.91 Å². The molecular formula is C40H36N4O3S. The van der Waals surface area contributed by atoms with Crippen molar-refractivity contribution in [3.05, 3.63) is 155 Å². The van der Waals surface area contributed by atoms with Crippen LogP contribution in [-0.2, 0) is 22.4 Å². The van der Waals surface area contributed by atoms with Crippen molar-refractivity contribution >= 4 is 58.3 Å². The van der Waals surface area contributed by atoms with Crippen molar-refractivity contribution in [3.8, 4) is 0 Å². The summed E-state index contributed by atoms with van der Waals surface area (Å²) in [6.45, 7) is 0. The molecule has 5 aromatic carbocycles. The van der Waals surface area contributed by atoms with Gasteiger partial charge in [-0.05, 0) is 96.3 Å². The lowest BCUT2D eigenvalue weighted by molar-refractivity contribution is -0.115. The Balaban J connectivity index is 1.15. The number of hydrogen-bond donors (Lipinski definition) is 2. The minimum atomic E-state index is -0.454. The molecule has 5 aromatic rings. The Hall–Kier alpha value is -5.60. The van der Waals surface area contributed by atoms with E-state index in [1.165, 1.54) is 11.8 Å². The number of aryl methyl sites for hydroxylation is 2. The van der Waals surface area contributed by atoms with Crippen LogP contribution in [0, 0.1) is 0 Å². The van der Waals surface area contributed by atoms with E-state index >= 15 is 0 Å². The molecule has 0 spiro atoms. The molecule has 1 heterocycles. The van der Waals surface area contributed by atoms with E-state index in [0.717, 1.165) is 51.5 Å². The lowest BCUT2D eigenvalue weighted by atomic mass is 10.0. The summed E-state index contributed by atoms with van der Waals surface area (Å²) in [5.41, 5.74) is 7.10. The Bertz CT molecular complexity index is 1910. The molecule has 6 rings (SSSR count). The normalized spacial score (nSPS) is 12.3. The van der Waals surface area contributed by atoms with Gasteiger partial charge < -0.3 is 15.5 Å². The zero-order valence-electron chi connectivity index (χ0n) is 26.9. The van der Waals surface area contributed by atoms with Gasteiger partial charge in [-0.25, -0.2) is 0 Å². The first-order valence-corrected chi connectivity index (χ1v) is 16.7. The molecule has 0 bridgehead atoms. The molecule has 48 heavy (non-hydrogen) atoms. The van der Waals surface area contributed by atoms with E-state index in [1.54, 1.807) is 42.5 Å². The molecule has 0 saturated heterocycles. The highest BCUT2D eigenvalue weighted by Gasteiger charge is 2.25. The molecule has 7 nitrogen and oxygen atoms in total. The summed E-state index contributed by atoms with van der Waals surface area (Å²) in [5, 5.41) is 5.69. The predicted molar refractivity (Wildman–Crippen MR) is 196 cm³/mol. The molecule has 3 amide bonds. The quantitative estimate of drug-likeness (QED) is 0.126. The Morgan fingerprint density at radius 1 is 0.729 bits per heavy atom. The van der Waals surface area contributed by atoms with Crippen LogP contribution in [0.5, 0.6) is 0 Å². The molecule has 8 heteroatoms. The SMILES string of the molecule is CN(C)c1ccc(/C=C(\NC(=O)c2ccccc2)C(=O)Nc2ccc(SCC(=O)N3c4ccccc4CCc4ccccc43)cc2)cc1. The van der Waals surface area contributed by atoms with Crippen LogP contribution in [0.3, 0.4) is 0 Å². The summed E-state index contributed by atoms with van der Waals surface area (Å²) in [6.07, 6.45) is 3.42. The largest absolute Gasteiger partial charge is 0.378 e. The second kappa shape index (κ2) is 14.9. The Morgan fingerprint density at radius 3 is 1.92 bits per heavy atom. The van der Waals surface area contributed by atoms with Gasteiger partial charge in [-0.15, -0.1) is 11.8 Å². The first-order chi connectivity index (χ1) is 23.4. The van der Waals surface area contributed by atoms with E-state index in [-0.39, 0.29) is 23.3 Å². The minimum absolute atomic E-state index is 0.00160. The minimum Gasteiger partial charge on any atom is -0.378 e. The van der Waals surface area contributed by atoms with Crippen LogP contribution in [0.25, 0.3) is 6.08 Å². The molecule has 1 aliphatic rings. The van der Waals surface area contributed by atoms with Gasteiger partial charge in [0.05, 0.1) is 17.1 Å². The number of nitrogens with zero attached hydrogens (tertiary/aromatic N) is 2. The van der Waals surface area contributed by atoms with E-state index in [0.29, 0.717) is 11.3 Å². The van der Waals surface area contributed by atoms with Crippen molar-refractivity contribution in [2.45, 2.75) is 17.7 Å². The number of benzene rings is 5. The first kappa shape index (κ1) is 32.3. The molecule has 0 atom stereocenters. The lowest BCUT2D eigenvalue weighted by Gasteiger charge is -2.25. The molecule has 0 aromatic heterocycles. The highest BCUT2D eigenvalue weighted by Crippen LogP contribution is 2.37. The zero-order valence-corrected chi connectivity index (χ0v) is 27.7. The maximum Gasteiger partial charge on any atom is 0.272 e. The number of thioether (sulfide) groups is 1. The van der Waals surface area contributed by atoms with E-state index in [4.69, 9.17) is 0 Å². The van der Waals surface area contributed by atoms with Crippen LogP contribution < -0.4 is 20.4 Å². The fourth-order valence-electron chi connectivity index (χ4n) is 5.57. The maximum atomic E-state index is 13.7. The summed E-state index contributed by atoms with van der Waals surface area (Å²) in [7, 11) is 3.92. The third kappa shape index (κ3) is 7.67. The summed E-state index contributed by atoms with van der Waals surface area (Å²) >= 11 is 1.45. The van der Waals surface area contributed by atoms with Crippen LogP contribution in [-0.4, -0.2) is 37.6 Å². The Morgan fingerprint density at radius 2 is 1.31 bits per heavy atom. The van der Waals surface area contributed by atoms with Gasteiger partial charge in [0, 0.05) is 35.9 Å². The van der Waals surface area contributed by atoms with Gasteiger partial charge in [0.2, 0.25) is 5.91 Å². The van der Waals surface area contributed by atoms with Crippen molar-refractivity contribution in [3.63, 3.8) is 0 Å². The number of para-hydroxylation sites is 2. The van der Waals surface area contributed by atoms with Gasteiger partial charge in [-0.3, -0.25) is 19.3 Å². The average Bonchev–Trinajstić information content (AvgIpc) is 3.28. The van der Waals surface area contributed by atoms with Crippen LogP contribution in [0.2, 0.25) is 0 Å². The van der Waals surface area contributed by atoms with Gasteiger partial charge in [0.15, 0.2) is 0 Å². The second-order valence-corrected chi connectivity index (χ2v) is 12.7. The standard InChI is InChI=1S/C40H36N4O3S/c1-43(2)33-22-16-28(17-23-33)26-35(42-39(46)31-12-4-3-5-13-31)40(47)41-32-20-24-34(25-21-32)48-27-38(45)44-36-14-8-6-10-29(36)18-19-30-11-7-9-15-37(30)44/h3-17,20-26H,18-19,27H2,1-2H3,(H,41,47)(H,42,46)/b35-26-. The van der Waals surface area contributed by atoms with Crippen LogP contribution in [0.1, 0.15) is 27.0 Å². The van der Waals surface area contributed by atoms with Crippen molar-refractivity contribution in [1.82, 2.24) is 5.32 Å². The number of nitrogens with one attached hydrogen (secondary N) is 2. The zero-order chi connectivity index (χ0) is 33.5. The van der Waals surface area contributed by atoms with Gasteiger partial charge in [0.1, 0.15) is 5.70 Å². The third-order valence-electron chi connectivity index (χ3n) is 8.10. The molecule has 240 valence electrons. The molecule has 1 aliphatic heterocycles. The fraction of sp³-hybridized carbons (Fsp3) is 0.125. The number of fused-ring (bicyclic) bond motifs is 2. The van der Waals surface area contributed by atoms with Crippen molar-refractivity contribution in [2.24, 2.45) is 0 Å². The van der Waals surface area contributed by atoms with Crippen molar-refractivity contribution in [1.29, 1.82) is 0 Å². The highest BCUT2D eigenvalue weighted by atomic mass is 32.2. The van der Waals surface area contributed by atoms with E-state index in [1.807, 2.05) is 103 Å². The summed E-state index contributed by atoms with van der Waals surface area (Å²) in [5.74, 6) is -0.584. The van der Waals surface area contributed by atoms with Crippen LogP contribution >= 0.6 is 11.8 Å². The average molecular weight is 653 g/mol. The molecular weight excluding hydrogens is 617 g/mol. The first-order valence-electron chi connectivity index (χ1n) is 15.7. The van der Waals surface area contributed by atoms with Crippen molar-refractivity contribution < 1.29 is 14.4 Å². The maximum absolute atomic E-state index is 13.7. The number of amides is 3. The van der Waals surface area contributed by atoms with Gasteiger partial charge >= 0.3 is 0 Å². The Labute approximate surface area is 285 Å². The molecule has 0 unspecified atom stereocenters. The molecule has 0 radical (unpaired) electrons. The van der Waals surface area contributed by atoms with Crippen LogP contribution in [0.4, 0.5) is 22.7 Å². The number of carbonyl (C=O) groups is 3. The lowest BCUT2D eigenvalue weighted by Crippen LogP contribution is -2.30. The van der Waals surface area contributed by atoms with E-state index in [2.05, 4.69) is 22.8 Å². The number of rotatable bonds is 9. The highest BCUT2D eigenvalue weighted by molar-refractivity contribution is 8.00.